The molecule has 1 atom stereocenters. The van der Waals surface area contributed by atoms with E-state index in [4.69, 9.17) is 4.74 Å². The van der Waals surface area contributed by atoms with E-state index in [2.05, 4.69) is 20.9 Å². The van der Waals surface area contributed by atoms with Crippen LogP contribution in [-0.4, -0.2) is 34.7 Å². The molecule has 0 N–H and O–H groups in total. The maximum absolute atomic E-state index is 12.0. The Morgan fingerprint density at radius 3 is 2.90 bits per heavy atom. The van der Waals surface area contributed by atoms with E-state index in [1.165, 1.54) is 0 Å². The van der Waals surface area contributed by atoms with Gasteiger partial charge in [-0.05, 0) is 67.6 Å². The fourth-order valence-electron chi connectivity index (χ4n) is 2.35. The normalized spacial score (nSPS) is 19.2. The van der Waals surface area contributed by atoms with Crippen molar-refractivity contribution in [3.63, 3.8) is 0 Å². The highest BCUT2D eigenvalue weighted by atomic mass is 79.9. The first-order valence-corrected chi connectivity index (χ1v) is 7.72. The Bertz CT molecular complexity index is 485. The van der Waals surface area contributed by atoms with Gasteiger partial charge in [0.05, 0.1) is 0 Å². The molecular weight excluding hydrogens is 320 g/mol. The summed E-state index contributed by atoms with van der Waals surface area (Å²) in [6, 6.07) is 5.94. The second-order valence-electron chi connectivity index (χ2n) is 6.24. The topological polar surface area (TPSA) is 42.4 Å². The summed E-state index contributed by atoms with van der Waals surface area (Å²) in [5, 5.41) is 0. The van der Waals surface area contributed by atoms with Crippen molar-refractivity contribution in [2.24, 2.45) is 5.92 Å². The van der Waals surface area contributed by atoms with Gasteiger partial charge in [-0.2, -0.15) is 0 Å². The monoisotopic (exact) mass is 340 g/mol. The maximum atomic E-state index is 12.0. The van der Waals surface area contributed by atoms with E-state index >= 15 is 0 Å². The maximum Gasteiger partial charge on any atom is 0.410 e. The zero-order valence-corrected chi connectivity index (χ0v) is 13.8. The third kappa shape index (κ3) is 4.47. The van der Waals surface area contributed by atoms with Gasteiger partial charge in [-0.1, -0.05) is 6.07 Å². The Kier molecular flexibility index (Phi) is 4.68. The molecule has 1 aliphatic rings. The number of hydrogen-bond acceptors (Lipinski definition) is 3. The van der Waals surface area contributed by atoms with Crippen molar-refractivity contribution in [1.82, 2.24) is 9.88 Å². The number of likely N-dealkylation sites (tertiary alicyclic amines) is 1. The SMILES string of the molecule is CC(C)(C)OC(=O)N1CCC(Cc2cccc(Br)n2)C1. The van der Waals surface area contributed by atoms with Crippen LogP contribution in [0.15, 0.2) is 22.8 Å². The first kappa shape index (κ1) is 15.3. The lowest BCUT2D eigenvalue weighted by atomic mass is 10.0. The van der Waals surface area contributed by atoms with E-state index in [-0.39, 0.29) is 6.09 Å². The summed E-state index contributed by atoms with van der Waals surface area (Å²) in [6.45, 7) is 7.20. The van der Waals surface area contributed by atoms with Crippen LogP contribution in [0.25, 0.3) is 0 Å². The van der Waals surface area contributed by atoms with E-state index in [1.807, 2.05) is 39.0 Å². The van der Waals surface area contributed by atoms with Crippen LogP contribution >= 0.6 is 15.9 Å². The first-order chi connectivity index (χ1) is 9.33. The number of halogens is 1. The van der Waals surface area contributed by atoms with Crippen molar-refractivity contribution in [2.75, 3.05) is 13.1 Å². The highest BCUT2D eigenvalue weighted by Gasteiger charge is 2.29. The Labute approximate surface area is 128 Å². The summed E-state index contributed by atoms with van der Waals surface area (Å²) in [6.07, 6.45) is 1.70. The standard InChI is InChI=1S/C15H21BrN2O2/c1-15(2,3)20-14(19)18-8-7-11(10-18)9-12-5-4-6-13(16)17-12/h4-6,11H,7-10H2,1-3H3. The Morgan fingerprint density at radius 1 is 1.50 bits per heavy atom. The molecule has 1 unspecified atom stereocenters. The van der Waals surface area contributed by atoms with Gasteiger partial charge in [0.2, 0.25) is 0 Å². The fourth-order valence-corrected chi connectivity index (χ4v) is 2.73. The zero-order valence-electron chi connectivity index (χ0n) is 12.2. The molecule has 0 saturated carbocycles. The molecule has 1 fully saturated rings. The molecule has 5 heteroatoms. The summed E-state index contributed by atoms with van der Waals surface area (Å²) < 4.78 is 6.26. The number of rotatable bonds is 2. The predicted molar refractivity (Wildman–Crippen MR) is 81.6 cm³/mol. The second-order valence-corrected chi connectivity index (χ2v) is 7.05. The number of carbonyl (C=O) groups is 1. The van der Waals surface area contributed by atoms with Crippen LogP contribution in [-0.2, 0) is 11.2 Å². The van der Waals surface area contributed by atoms with E-state index in [1.54, 1.807) is 4.90 Å². The smallest absolute Gasteiger partial charge is 0.410 e. The molecule has 0 bridgehead atoms. The van der Waals surface area contributed by atoms with Gasteiger partial charge in [-0.3, -0.25) is 0 Å². The molecule has 0 radical (unpaired) electrons. The van der Waals surface area contributed by atoms with Crippen molar-refractivity contribution in [3.8, 4) is 0 Å². The molecular formula is C15H21BrN2O2. The summed E-state index contributed by atoms with van der Waals surface area (Å²) in [5.41, 5.74) is 0.636. The van der Waals surface area contributed by atoms with Gasteiger partial charge >= 0.3 is 6.09 Å². The predicted octanol–water partition coefficient (Wildman–Crippen LogP) is 3.64. The van der Waals surface area contributed by atoms with E-state index in [0.29, 0.717) is 5.92 Å². The molecule has 1 aliphatic heterocycles. The lowest BCUT2D eigenvalue weighted by Crippen LogP contribution is -2.35. The van der Waals surface area contributed by atoms with Gasteiger partial charge in [0.25, 0.3) is 0 Å². The number of aromatic nitrogens is 1. The lowest BCUT2D eigenvalue weighted by Gasteiger charge is -2.24. The van der Waals surface area contributed by atoms with Crippen molar-refractivity contribution < 1.29 is 9.53 Å². The first-order valence-electron chi connectivity index (χ1n) is 6.93. The number of ether oxygens (including phenoxy) is 1. The minimum Gasteiger partial charge on any atom is -0.444 e. The minimum atomic E-state index is -0.430. The van der Waals surface area contributed by atoms with E-state index in [0.717, 1.165) is 36.2 Å². The second kappa shape index (κ2) is 6.12. The van der Waals surface area contributed by atoms with Crippen LogP contribution in [0, 0.1) is 5.92 Å². The Hall–Kier alpha value is -1.10. The van der Waals surface area contributed by atoms with Crippen molar-refractivity contribution >= 4 is 22.0 Å². The fraction of sp³-hybridized carbons (Fsp3) is 0.600. The number of pyridine rings is 1. The molecule has 0 aliphatic carbocycles. The van der Waals surface area contributed by atoms with Crippen LogP contribution in [0.1, 0.15) is 32.9 Å². The van der Waals surface area contributed by atoms with E-state index < -0.39 is 5.60 Å². The number of carbonyl (C=O) groups excluding carboxylic acids is 1. The minimum absolute atomic E-state index is 0.206. The zero-order chi connectivity index (χ0) is 14.8. The van der Waals surface area contributed by atoms with Crippen LogP contribution in [0.3, 0.4) is 0 Å². The third-order valence-electron chi connectivity index (χ3n) is 3.21. The Balaban J connectivity index is 1.88. The molecule has 1 aromatic rings. The highest BCUT2D eigenvalue weighted by Crippen LogP contribution is 2.22. The molecule has 0 aromatic carbocycles. The molecule has 110 valence electrons. The van der Waals surface area contributed by atoms with Gasteiger partial charge in [0.1, 0.15) is 10.2 Å². The van der Waals surface area contributed by atoms with Crippen molar-refractivity contribution in [2.45, 2.75) is 39.2 Å². The van der Waals surface area contributed by atoms with Crippen LogP contribution < -0.4 is 0 Å². The Morgan fingerprint density at radius 2 is 2.25 bits per heavy atom. The average molecular weight is 341 g/mol. The van der Waals surface area contributed by atoms with Gasteiger partial charge in [0.15, 0.2) is 0 Å². The van der Waals surface area contributed by atoms with Gasteiger partial charge in [0, 0.05) is 18.8 Å². The number of amides is 1. The molecule has 1 amide bonds. The molecule has 2 rings (SSSR count). The van der Waals surface area contributed by atoms with Gasteiger partial charge in [-0.25, -0.2) is 9.78 Å². The molecule has 0 spiro atoms. The molecule has 1 saturated heterocycles. The lowest BCUT2D eigenvalue weighted by molar-refractivity contribution is 0.0288. The summed E-state index contributed by atoms with van der Waals surface area (Å²) in [4.78, 5) is 18.2. The third-order valence-corrected chi connectivity index (χ3v) is 3.65. The van der Waals surface area contributed by atoms with Gasteiger partial charge in [-0.15, -0.1) is 0 Å². The summed E-state index contributed by atoms with van der Waals surface area (Å²) >= 11 is 3.38. The van der Waals surface area contributed by atoms with Crippen molar-refractivity contribution in [3.05, 3.63) is 28.5 Å². The highest BCUT2D eigenvalue weighted by molar-refractivity contribution is 9.10. The van der Waals surface area contributed by atoms with Crippen LogP contribution in [0.2, 0.25) is 0 Å². The van der Waals surface area contributed by atoms with Gasteiger partial charge < -0.3 is 9.64 Å². The number of hydrogen-bond donors (Lipinski definition) is 0. The van der Waals surface area contributed by atoms with E-state index in [9.17, 15) is 4.79 Å². The van der Waals surface area contributed by atoms with Crippen LogP contribution in [0.5, 0.6) is 0 Å². The quantitative estimate of drug-likeness (QED) is 0.772. The molecule has 4 nitrogen and oxygen atoms in total. The summed E-state index contributed by atoms with van der Waals surface area (Å²) in [7, 11) is 0. The summed E-state index contributed by atoms with van der Waals surface area (Å²) in [5.74, 6) is 0.462. The average Bonchev–Trinajstić information content (AvgIpc) is 2.75. The van der Waals surface area contributed by atoms with Crippen molar-refractivity contribution in [1.29, 1.82) is 0 Å². The molecule has 2 heterocycles. The number of nitrogens with zero attached hydrogens (tertiary/aromatic N) is 2. The van der Waals surface area contributed by atoms with Crippen LogP contribution in [0.4, 0.5) is 4.79 Å². The largest absolute Gasteiger partial charge is 0.444 e. The molecule has 1 aromatic heterocycles. The molecule has 20 heavy (non-hydrogen) atoms.